The van der Waals surface area contributed by atoms with E-state index in [4.69, 9.17) is 22.7 Å². The molecule has 0 aromatic heterocycles. The summed E-state index contributed by atoms with van der Waals surface area (Å²) in [6, 6.07) is -0.206. The predicted molar refractivity (Wildman–Crippen MR) is 70.2 cm³/mol. The second-order valence-corrected chi connectivity index (χ2v) is 11.0. The molecule has 2 radical (unpaired) electrons. The van der Waals surface area contributed by atoms with E-state index in [0.29, 0.717) is 6.61 Å². The number of rotatable bonds is 3. The zero-order chi connectivity index (χ0) is 12.6. The molecule has 3 nitrogen and oxygen atoms in total. The van der Waals surface area contributed by atoms with E-state index in [1.54, 1.807) is 0 Å². The van der Waals surface area contributed by atoms with Crippen LogP contribution < -0.4 is 5.73 Å². The summed E-state index contributed by atoms with van der Waals surface area (Å²) < 4.78 is 11.6. The molecule has 0 bridgehead atoms. The highest BCUT2D eigenvalue weighted by atomic mass is 28.4. The van der Waals surface area contributed by atoms with Gasteiger partial charge in [-0.05, 0) is 24.6 Å². The second-order valence-electron chi connectivity index (χ2n) is 6.18. The molecule has 0 aromatic carbocycles. The highest BCUT2D eigenvalue weighted by Gasteiger charge is 2.39. The molecule has 1 aliphatic heterocycles. The smallest absolute Gasteiger partial charge is 0.192 e. The van der Waals surface area contributed by atoms with Gasteiger partial charge in [0, 0.05) is 12.0 Å². The van der Waals surface area contributed by atoms with Gasteiger partial charge >= 0.3 is 0 Å². The average molecular weight is 241 g/mol. The van der Waals surface area contributed by atoms with E-state index >= 15 is 0 Å². The van der Waals surface area contributed by atoms with Crippen LogP contribution in [0, 0.1) is 0 Å². The SMILES string of the molecule is [B][C@H]1C[C@@H](N)[C@@H](CO[Si](C)(C)C(C)(C)C)O1. The molecule has 0 aromatic rings. The molecule has 1 fully saturated rings. The van der Waals surface area contributed by atoms with E-state index in [2.05, 4.69) is 33.9 Å². The molecule has 2 N–H and O–H groups in total. The van der Waals surface area contributed by atoms with Crippen molar-refractivity contribution in [1.82, 2.24) is 0 Å². The zero-order valence-corrected chi connectivity index (χ0v) is 12.1. The van der Waals surface area contributed by atoms with E-state index in [1.807, 2.05) is 0 Å². The van der Waals surface area contributed by atoms with Gasteiger partial charge in [-0.2, -0.15) is 0 Å². The van der Waals surface area contributed by atoms with Crippen molar-refractivity contribution in [3.8, 4) is 0 Å². The van der Waals surface area contributed by atoms with E-state index in [-0.39, 0.29) is 23.2 Å². The molecule has 1 saturated heterocycles. The maximum atomic E-state index is 6.07. The maximum Gasteiger partial charge on any atom is 0.192 e. The summed E-state index contributed by atoms with van der Waals surface area (Å²) in [6.07, 6.45) is 0.690. The van der Waals surface area contributed by atoms with Gasteiger partial charge in [0.15, 0.2) is 8.32 Å². The van der Waals surface area contributed by atoms with Gasteiger partial charge in [-0.15, -0.1) is 0 Å². The first-order valence-corrected chi connectivity index (χ1v) is 8.85. The Hall–Kier alpha value is 0.162. The Labute approximate surface area is 102 Å². The summed E-state index contributed by atoms with van der Waals surface area (Å²) in [6.45, 7) is 11.7. The Balaban J connectivity index is 2.46. The summed E-state index contributed by atoms with van der Waals surface area (Å²) in [4.78, 5) is 0. The standard InChI is InChI=1S/C11H24BNO2Si/c1-11(2,3)16(4,5)14-7-9-8(13)6-10(12)15-9/h8-10H,6-7,13H2,1-5H3/t8-,9-,10-/m1/s1. The minimum Gasteiger partial charge on any atom is -0.414 e. The third-order valence-corrected chi connectivity index (χ3v) is 8.25. The van der Waals surface area contributed by atoms with Gasteiger partial charge in [0.2, 0.25) is 0 Å². The van der Waals surface area contributed by atoms with Crippen LogP contribution in [0.4, 0.5) is 0 Å². The first-order valence-electron chi connectivity index (χ1n) is 5.94. The Morgan fingerprint density at radius 2 is 2.00 bits per heavy atom. The predicted octanol–water partition coefficient (Wildman–Crippen LogP) is 1.62. The fraction of sp³-hybridized carbons (Fsp3) is 1.00. The van der Waals surface area contributed by atoms with Crippen LogP contribution in [0.1, 0.15) is 27.2 Å². The Morgan fingerprint density at radius 3 is 2.38 bits per heavy atom. The number of hydrogen-bond acceptors (Lipinski definition) is 3. The monoisotopic (exact) mass is 241 g/mol. The van der Waals surface area contributed by atoms with Crippen molar-refractivity contribution in [2.45, 2.75) is 63.5 Å². The normalized spacial score (nSPS) is 32.0. The molecule has 0 unspecified atom stereocenters. The summed E-state index contributed by atoms with van der Waals surface area (Å²) >= 11 is 0. The summed E-state index contributed by atoms with van der Waals surface area (Å²) in [7, 11) is 3.99. The van der Waals surface area contributed by atoms with Gasteiger partial charge in [0.25, 0.3) is 0 Å². The Kier molecular flexibility index (Phi) is 4.27. The molecule has 0 spiro atoms. The van der Waals surface area contributed by atoms with Crippen LogP contribution in [0.5, 0.6) is 0 Å². The summed E-state index contributed by atoms with van der Waals surface area (Å²) in [5.41, 5.74) is 5.94. The minimum absolute atomic E-state index is 0.0137. The summed E-state index contributed by atoms with van der Waals surface area (Å²) in [5.74, 6) is 0. The average Bonchev–Trinajstić information content (AvgIpc) is 2.39. The summed E-state index contributed by atoms with van der Waals surface area (Å²) in [5, 5.41) is 0.220. The number of hydrogen-bond donors (Lipinski definition) is 1. The third-order valence-electron chi connectivity index (χ3n) is 3.75. The van der Waals surface area contributed by atoms with Gasteiger partial charge in [-0.1, -0.05) is 20.8 Å². The fourth-order valence-electron chi connectivity index (χ4n) is 1.47. The molecular weight excluding hydrogens is 217 g/mol. The number of nitrogens with two attached hydrogens (primary N) is 1. The van der Waals surface area contributed by atoms with Crippen LogP contribution in [0.2, 0.25) is 18.1 Å². The minimum atomic E-state index is -1.70. The van der Waals surface area contributed by atoms with Gasteiger partial charge in [0.05, 0.1) is 12.7 Å². The van der Waals surface area contributed by atoms with Crippen LogP contribution >= 0.6 is 0 Å². The Bertz CT molecular complexity index is 243. The molecule has 16 heavy (non-hydrogen) atoms. The first-order chi connectivity index (χ1) is 7.13. The highest BCUT2D eigenvalue weighted by Crippen LogP contribution is 2.37. The fourth-order valence-corrected chi connectivity index (χ4v) is 2.48. The van der Waals surface area contributed by atoms with Crippen molar-refractivity contribution in [3.63, 3.8) is 0 Å². The van der Waals surface area contributed by atoms with Crippen LogP contribution in [0.25, 0.3) is 0 Å². The molecule has 0 aliphatic carbocycles. The molecule has 0 amide bonds. The van der Waals surface area contributed by atoms with Gasteiger partial charge < -0.3 is 14.9 Å². The van der Waals surface area contributed by atoms with E-state index < -0.39 is 8.32 Å². The lowest BCUT2D eigenvalue weighted by molar-refractivity contribution is 0.0415. The largest absolute Gasteiger partial charge is 0.414 e. The lowest BCUT2D eigenvalue weighted by Gasteiger charge is -2.37. The van der Waals surface area contributed by atoms with Gasteiger partial charge in [-0.25, -0.2) is 0 Å². The first kappa shape index (κ1) is 14.2. The molecule has 1 rings (SSSR count). The van der Waals surface area contributed by atoms with Crippen molar-refractivity contribution in [2.75, 3.05) is 6.61 Å². The van der Waals surface area contributed by atoms with Crippen LogP contribution in [0.15, 0.2) is 0 Å². The van der Waals surface area contributed by atoms with Crippen molar-refractivity contribution in [2.24, 2.45) is 5.73 Å². The topological polar surface area (TPSA) is 44.5 Å². The van der Waals surface area contributed by atoms with Gasteiger partial charge in [0.1, 0.15) is 7.85 Å². The van der Waals surface area contributed by atoms with Crippen LogP contribution in [-0.4, -0.2) is 40.9 Å². The van der Waals surface area contributed by atoms with E-state index in [0.717, 1.165) is 6.42 Å². The molecule has 3 atom stereocenters. The maximum absolute atomic E-state index is 6.07. The van der Waals surface area contributed by atoms with Crippen LogP contribution in [-0.2, 0) is 9.16 Å². The number of ether oxygens (including phenoxy) is 1. The van der Waals surface area contributed by atoms with Crippen molar-refractivity contribution in [3.05, 3.63) is 0 Å². The van der Waals surface area contributed by atoms with Crippen molar-refractivity contribution >= 4 is 16.2 Å². The van der Waals surface area contributed by atoms with E-state index in [1.165, 1.54) is 0 Å². The zero-order valence-electron chi connectivity index (χ0n) is 11.1. The van der Waals surface area contributed by atoms with Crippen LogP contribution in [0.3, 0.4) is 0 Å². The highest BCUT2D eigenvalue weighted by molar-refractivity contribution is 6.74. The lowest BCUT2D eigenvalue weighted by atomic mass is 9.95. The van der Waals surface area contributed by atoms with Crippen molar-refractivity contribution < 1.29 is 9.16 Å². The quantitative estimate of drug-likeness (QED) is 0.763. The molecule has 5 heteroatoms. The van der Waals surface area contributed by atoms with Crippen molar-refractivity contribution in [1.29, 1.82) is 0 Å². The molecule has 92 valence electrons. The van der Waals surface area contributed by atoms with Gasteiger partial charge in [-0.3, -0.25) is 0 Å². The molecular formula is C11H24BNO2Si. The Morgan fingerprint density at radius 1 is 1.44 bits per heavy atom. The third kappa shape index (κ3) is 3.33. The molecule has 1 aliphatic rings. The lowest BCUT2D eigenvalue weighted by Crippen LogP contribution is -2.45. The van der Waals surface area contributed by atoms with E-state index in [9.17, 15) is 0 Å². The molecule has 1 heterocycles. The molecule has 0 saturated carbocycles. The second kappa shape index (κ2) is 4.80.